The molecule has 0 saturated carbocycles. The standard InChI is InChI=1S/C9H15N3O/c1-7-4-10-5-9(11-7)12(3)8(2)6-13/h4-5,8,13H,6H2,1-3H3. The fraction of sp³-hybridized carbons (Fsp3) is 0.556. The molecule has 0 amide bonds. The lowest BCUT2D eigenvalue weighted by Crippen LogP contribution is -2.32. The van der Waals surface area contributed by atoms with Crippen molar-refractivity contribution in [1.82, 2.24) is 9.97 Å². The van der Waals surface area contributed by atoms with E-state index in [4.69, 9.17) is 5.11 Å². The lowest BCUT2D eigenvalue weighted by atomic mass is 10.3. The SMILES string of the molecule is Cc1cncc(N(C)C(C)CO)n1. The van der Waals surface area contributed by atoms with Gasteiger partial charge in [0.25, 0.3) is 0 Å². The van der Waals surface area contributed by atoms with Gasteiger partial charge in [-0.25, -0.2) is 4.98 Å². The topological polar surface area (TPSA) is 49.2 Å². The van der Waals surface area contributed by atoms with E-state index in [0.717, 1.165) is 11.5 Å². The normalized spacial score (nSPS) is 12.6. The van der Waals surface area contributed by atoms with Gasteiger partial charge < -0.3 is 10.0 Å². The maximum absolute atomic E-state index is 8.95. The summed E-state index contributed by atoms with van der Waals surface area (Å²) in [6.07, 6.45) is 3.40. The number of aliphatic hydroxyl groups is 1. The number of likely N-dealkylation sites (N-methyl/N-ethyl adjacent to an activating group) is 1. The van der Waals surface area contributed by atoms with Crippen molar-refractivity contribution >= 4 is 5.82 Å². The van der Waals surface area contributed by atoms with Gasteiger partial charge in [-0.15, -0.1) is 0 Å². The second kappa shape index (κ2) is 4.18. The molecule has 0 saturated heterocycles. The lowest BCUT2D eigenvalue weighted by Gasteiger charge is -2.23. The maximum Gasteiger partial charge on any atom is 0.147 e. The van der Waals surface area contributed by atoms with Crippen LogP contribution in [0.4, 0.5) is 5.82 Å². The zero-order valence-electron chi connectivity index (χ0n) is 8.23. The third kappa shape index (κ3) is 2.39. The summed E-state index contributed by atoms with van der Waals surface area (Å²) in [4.78, 5) is 10.2. The average Bonchev–Trinajstić information content (AvgIpc) is 2.15. The summed E-state index contributed by atoms with van der Waals surface area (Å²) in [5, 5.41) is 8.95. The minimum absolute atomic E-state index is 0.0658. The monoisotopic (exact) mass is 181 g/mol. The quantitative estimate of drug-likeness (QED) is 0.742. The lowest BCUT2D eigenvalue weighted by molar-refractivity contribution is 0.269. The smallest absolute Gasteiger partial charge is 0.147 e. The molecule has 72 valence electrons. The average molecular weight is 181 g/mol. The molecule has 1 heterocycles. The molecule has 13 heavy (non-hydrogen) atoms. The van der Waals surface area contributed by atoms with Crippen LogP contribution in [0.3, 0.4) is 0 Å². The molecule has 1 rings (SSSR count). The van der Waals surface area contributed by atoms with Gasteiger partial charge in [-0.1, -0.05) is 0 Å². The van der Waals surface area contributed by atoms with Crippen molar-refractivity contribution in [3.63, 3.8) is 0 Å². The fourth-order valence-corrected chi connectivity index (χ4v) is 0.968. The highest BCUT2D eigenvalue weighted by Gasteiger charge is 2.09. The van der Waals surface area contributed by atoms with Gasteiger partial charge in [-0.3, -0.25) is 4.98 Å². The molecule has 4 heteroatoms. The number of rotatable bonds is 3. The Morgan fingerprint density at radius 1 is 1.54 bits per heavy atom. The molecule has 0 fully saturated rings. The van der Waals surface area contributed by atoms with Crippen LogP contribution in [-0.2, 0) is 0 Å². The summed E-state index contributed by atoms with van der Waals surface area (Å²) in [5.41, 5.74) is 0.884. The van der Waals surface area contributed by atoms with Gasteiger partial charge in [-0.05, 0) is 13.8 Å². The first kappa shape index (κ1) is 9.92. The molecule has 0 aliphatic carbocycles. The maximum atomic E-state index is 8.95. The molecule has 0 aliphatic rings. The molecule has 0 radical (unpaired) electrons. The number of hydrogen-bond donors (Lipinski definition) is 1. The number of aromatic nitrogens is 2. The van der Waals surface area contributed by atoms with Crippen LogP contribution in [0.5, 0.6) is 0 Å². The molecule has 1 N–H and O–H groups in total. The first-order valence-corrected chi connectivity index (χ1v) is 4.27. The summed E-state index contributed by atoms with van der Waals surface area (Å²) < 4.78 is 0. The number of aryl methyl sites for hydroxylation is 1. The van der Waals surface area contributed by atoms with Gasteiger partial charge in [0.05, 0.1) is 24.5 Å². The van der Waals surface area contributed by atoms with E-state index in [2.05, 4.69) is 9.97 Å². The van der Waals surface area contributed by atoms with E-state index in [9.17, 15) is 0 Å². The summed E-state index contributed by atoms with van der Waals surface area (Å²) >= 11 is 0. The van der Waals surface area contributed by atoms with Crippen LogP contribution in [0.1, 0.15) is 12.6 Å². The molecule has 1 aromatic heterocycles. The van der Waals surface area contributed by atoms with E-state index < -0.39 is 0 Å². The minimum atomic E-state index is 0.0658. The van der Waals surface area contributed by atoms with Crippen molar-refractivity contribution in [3.05, 3.63) is 18.1 Å². The van der Waals surface area contributed by atoms with E-state index in [1.807, 2.05) is 25.8 Å². The first-order chi connectivity index (χ1) is 6.15. The fourth-order valence-electron chi connectivity index (χ4n) is 0.968. The Morgan fingerprint density at radius 2 is 2.23 bits per heavy atom. The van der Waals surface area contributed by atoms with Crippen LogP contribution in [0, 0.1) is 6.92 Å². The molecule has 0 bridgehead atoms. The Balaban J connectivity index is 2.82. The van der Waals surface area contributed by atoms with Crippen molar-refractivity contribution in [2.45, 2.75) is 19.9 Å². The highest BCUT2D eigenvalue weighted by Crippen LogP contribution is 2.09. The Labute approximate surface area is 78.2 Å². The molecular formula is C9H15N3O. The molecule has 0 aliphatic heterocycles. The zero-order chi connectivity index (χ0) is 9.84. The number of aliphatic hydroxyl groups excluding tert-OH is 1. The third-order valence-electron chi connectivity index (χ3n) is 2.03. The van der Waals surface area contributed by atoms with Gasteiger partial charge in [0, 0.05) is 13.2 Å². The Morgan fingerprint density at radius 3 is 2.77 bits per heavy atom. The number of nitrogens with zero attached hydrogens (tertiary/aromatic N) is 3. The Bertz CT molecular complexity index is 277. The van der Waals surface area contributed by atoms with Gasteiger partial charge in [-0.2, -0.15) is 0 Å². The molecule has 1 unspecified atom stereocenters. The minimum Gasteiger partial charge on any atom is -0.394 e. The van der Waals surface area contributed by atoms with Crippen molar-refractivity contribution < 1.29 is 5.11 Å². The zero-order valence-corrected chi connectivity index (χ0v) is 8.23. The van der Waals surface area contributed by atoms with Crippen LogP contribution in [0.15, 0.2) is 12.4 Å². The molecule has 4 nitrogen and oxygen atoms in total. The van der Waals surface area contributed by atoms with Crippen molar-refractivity contribution in [3.8, 4) is 0 Å². The summed E-state index contributed by atoms with van der Waals surface area (Å²) in [6.45, 7) is 3.95. The second-order valence-corrected chi connectivity index (χ2v) is 3.16. The molecule has 1 aromatic rings. The third-order valence-corrected chi connectivity index (χ3v) is 2.03. The van der Waals surface area contributed by atoms with E-state index in [0.29, 0.717) is 0 Å². The summed E-state index contributed by atoms with van der Waals surface area (Å²) in [6, 6.07) is 0.0658. The summed E-state index contributed by atoms with van der Waals surface area (Å²) in [7, 11) is 1.89. The van der Waals surface area contributed by atoms with Crippen molar-refractivity contribution in [2.75, 3.05) is 18.6 Å². The molecular weight excluding hydrogens is 166 g/mol. The van der Waals surface area contributed by atoms with E-state index >= 15 is 0 Å². The highest BCUT2D eigenvalue weighted by atomic mass is 16.3. The van der Waals surface area contributed by atoms with E-state index in [1.165, 1.54) is 0 Å². The van der Waals surface area contributed by atoms with Crippen LogP contribution in [-0.4, -0.2) is 34.8 Å². The van der Waals surface area contributed by atoms with Crippen molar-refractivity contribution in [2.24, 2.45) is 0 Å². The largest absolute Gasteiger partial charge is 0.394 e. The van der Waals surface area contributed by atoms with E-state index in [1.54, 1.807) is 12.4 Å². The second-order valence-electron chi connectivity index (χ2n) is 3.16. The Hall–Kier alpha value is -1.16. The van der Waals surface area contributed by atoms with Crippen LogP contribution < -0.4 is 4.90 Å². The van der Waals surface area contributed by atoms with Gasteiger partial charge in [0.15, 0.2) is 0 Å². The van der Waals surface area contributed by atoms with E-state index in [-0.39, 0.29) is 12.6 Å². The van der Waals surface area contributed by atoms with Gasteiger partial charge in [0.1, 0.15) is 5.82 Å². The Kier molecular flexibility index (Phi) is 3.19. The predicted octanol–water partition coefficient (Wildman–Crippen LogP) is 0.602. The number of anilines is 1. The predicted molar refractivity (Wildman–Crippen MR) is 51.7 cm³/mol. The van der Waals surface area contributed by atoms with Crippen LogP contribution in [0.25, 0.3) is 0 Å². The summed E-state index contributed by atoms with van der Waals surface area (Å²) in [5.74, 6) is 0.793. The van der Waals surface area contributed by atoms with Gasteiger partial charge >= 0.3 is 0 Å². The number of hydrogen-bond acceptors (Lipinski definition) is 4. The molecule has 0 aromatic carbocycles. The van der Waals surface area contributed by atoms with Gasteiger partial charge in [0.2, 0.25) is 0 Å². The van der Waals surface area contributed by atoms with Crippen LogP contribution in [0.2, 0.25) is 0 Å². The highest BCUT2D eigenvalue weighted by molar-refractivity contribution is 5.36. The molecule has 1 atom stereocenters. The van der Waals surface area contributed by atoms with Crippen LogP contribution >= 0.6 is 0 Å². The first-order valence-electron chi connectivity index (χ1n) is 4.27. The molecule has 0 spiro atoms. The van der Waals surface area contributed by atoms with Crippen molar-refractivity contribution in [1.29, 1.82) is 0 Å².